The van der Waals surface area contributed by atoms with Gasteiger partial charge in [-0.3, -0.25) is 0 Å². The number of hydrogen-bond donors (Lipinski definition) is 2. The first-order valence-electron chi connectivity index (χ1n) is 7.57. The molecule has 0 amide bonds. The van der Waals surface area contributed by atoms with Crippen molar-refractivity contribution in [1.82, 2.24) is 9.97 Å². The summed E-state index contributed by atoms with van der Waals surface area (Å²) in [7, 11) is 0. The van der Waals surface area contributed by atoms with E-state index < -0.39 is 0 Å². The van der Waals surface area contributed by atoms with Gasteiger partial charge in [0.05, 0.1) is 22.9 Å². The molecule has 0 aliphatic rings. The van der Waals surface area contributed by atoms with Gasteiger partial charge in [-0.2, -0.15) is 15.5 Å². The summed E-state index contributed by atoms with van der Waals surface area (Å²) < 4.78 is 0. The number of para-hydroxylation sites is 1. The molecule has 0 bridgehead atoms. The maximum atomic E-state index is 9.19. The van der Waals surface area contributed by atoms with Crippen LogP contribution in [0.2, 0.25) is 0 Å². The zero-order valence-electron chi connectivity index (χ0n) is 13.5. The summed E-state index contributed by atoms with van der Waals surface area (Å²) in [5.41, 5.74) is 3.27. The smallest absolute Gasteiger partial charge is 0.229 e. The Hall–Kier alpha value is -3.90. The average Bonchev–Trinajstić information content (AvgIpc) is 2.62. The van der Waals surface area contributed by atoms with Gasteiger partial charge in [0.15, 0.2) is 0 Å². The van der Waals surface area contributed by atoms with E-state index in [1.54, 1.807) is 30.3 Å². The van der Waals surface area contributed by atoms with E-state index in [1.807, 2.05) is 31.2 Å². The summed E-state index contributed by atoms with van der Waals surface area (Å²) in [5, 5.41) is 24.4. The van der Waals surface area contributed by atoms with E-state index >= 15 is 0 Å². The van der Waals surface area contributed by atoms with E-state index in [2.05, 4.69) is 32.7 Å². The predicted molar refractivity (Wildman–Crippen MR) is 95.6 cm³/mol. The number of aromatic nitrogens is 2. The highest BCUT2D eigenvalue weighted by molar-refractivity contribution is 5.66. The largest absolute Gasteiger partial charge is 0.339 e. The van der Waals surface area contributed by atoms with Gasteiger partial charge in [0.1, 0.15) is 11.9 Å². The molecule has 6 heteroatoms. The second-order valence-electron chi connectivity index (χ2n) is 5.32. The molecule has 0 radical (unpaired) electrons. The van der Waals surface area contributed by atoms with Crippen LogP contribution < -0.4 is 10.6 Å². The van der Waals surface area contributed by atoms with Crippen LogP contribution in [0.5, 0.6) is 0 Å². The van der Waals surface area contributed by atoms with Crippen LogP contribution in [0.4, 0.5) is 23.1 Å². The molecule has 0 saturated heterocycles. The molecule has 2 aromatic carbocycles. The van der Waals surface area contributed by atoms with Crippen LogP contribution in [-0.4, -0.2) is 9.97 Å². The lowest BCUT2D eigenvalue weighted by Crippen LogP contribution is -2.03. The molecule has 3 aromatic rings. The van der Waals surface area contributed by atoms with Crippen LogP contribution in [0, 0.1) is 29.6 Å². The molecule has 0 aliphatic heterocycles. The Balaban J connectivity index is 1.88. The number of aryl methyl sites for hydroxylation is 1. The zero-order valence-corrected chi connectivity index (χ0v) is 13.5. The second kappa shape index (κ2) is 7.12. The van der Waals surface area contributed by atoms with Crippen LogP contribution in [0.1, 0.15) is 16.8 Å². The lowest BCUT2D eigenvalue weighted by molar-refractivity contribution is 1.11. The minimum atomic E-state index is 0.409. The van der Waals surface area contributed by atoms with Crippen molar-refractivity contribution >= 4 is 23.1 Å². The summed E-state index contributed by atoms with van der Waals surface area (Å²) in [6.07, 6.45) is 0. The molecule has 1 aromatic heterocycles. The minimum absolute atomic E-state index is 0.409. The van der Waals surface area contributed by atoms with Gasteiger partial charge in [-0.25, -0.2) is 4.98 Å². The fraction of sp³-hybridized carbons (Fsp3) is 0.0526. The molecule has 3 rings (SSSR count). The van der Waals surface area contributed by atoms with Crippen LogP contribution in [-0.2, 0) is 0 Å². The van der Waals surface area contributed by atoms with Crippen LogP contribution in [0.3, 0.4) is 0 Å². The van der Waals surface area contributed by atoms with Crippen molar-refractivity contribution in [3.8, 4) is 12.1 Å². The molecule has 0 atom stereocenters. The molecule has 0 aliphatic carbocycles. The van der Waals surface area contributed by atoms with E-state index in [0.717, 1.165) is 11.4 Å². The van der Waals surface area contributed by atoms with Crippen molar-refractivity contribution in [2.45, 2.75) is 6.92 Å². The fourth-order valence-corrected chi connectivity index (χ4v) is 2.31. The summed E-state index contributed by atoms with van der Waals surface area (Å²) in [6, 6.07) is 20.3. The maximum absolute atomic E-state index is 9.19. The minimum Gasteiger partial charge on any atom is -0.339 e. The van der Waals surface area contributed by atoms with Crippen molar-refractivity contribution < 1.29 is 0 Å². The van der Waals surface area contributed by atoms with E-state index in [4.69, 9.17) is 5.26 Å². The molecular weight excluding hydrogens is 312 g/mol. The zero-order chi connectivity index (χ0) is 17.6. The Morgan fingerprint density at radius 3 is 2.52 bits per heavy atom. The SMILES string of the molecule is Cc1cc(Nc2ccccc2C#N)nc(Nc2cccc(C#N)c2)n1. The highest BCUT2D eigenvalue weighted by Gasteiger charge is 2.06. The third-order valence-corrected chi connectivity index (χ3v) is 3.41. The molecule has 120 valence electrons. The molecule has 0 spiro atoms. The van der Waals surface area contributed by atoms with Gasteiger partial charge < -0.3 is 10.6 Å². The summed E-state index contributed by atoms with van der Waals surface area (Å²) in [4.78, 5) is 8.79. The average molecular weight is 326 g/mol. The number of nitrogens with one attached hydrogen (secondary N) is 2. The normalized spacial score (nSPS) is 9.72. The lowest BCUT2D eigenvalue weighted by Gasteiger charge is -2.11. The highest BCUT2D eigenvalue weighted by Crippen LogP contribution is 2.21. The third kappa shape index (κ3) is 3.90. The van der Waals surface area contributed by atoms with Gasteiger partial charge in [-0.15, -0.1) is 0 Å². The Bertz CT molecular complexity index is 997. The number of hydrogen-bond acceptors (Lipinski definition) is 6. The summed E-state index contributed by atoms with van der Waals surface area (Å²) in [6.45, 7) is 1.86. The molecule has 25 heavy (non-hydrogen) atoms. The highest BCUT2D eigenvalue weighted by atomic mass is 15.1. The first-order valence-corrected chi connectivity index (χ1v) is 7.57. The van der Waals surface area contributed by atoms with Gasteiger partial charge in [0, 0.05) is 17.4 Å². The van der Waals surface area contributed by atoms with Gasteiger partial charge in [-0.1, -0.05) is 18.2 Å². The standard InChI is InChI=1S/C19H14N6/c1-13-9-18(24-17-8-3-2-6-15(17)12-21)25-19(22-13)23-16-7-4-5-14(10-16)11-20/h2-10H,1H3,(H2,22,23,24,25). The second-order valence-corrected chi connectivity index (χ2v) is 5.32. The van der Waals surface area contributed by atoms with Crippen molar-refractivity contribution in [1.29, 1.82) is 10.5 Å². The van der Waals surface area contributed by atoms with E-state index in [0.29, 0.717) is 28.6 Å². The van der Waals surface area contributed by atoms with Crippen molar-refractivity contribution in [3.63, 3.8) is 0 Å². The fourth-order valence-electron chi connectivity index (χ4n) is 2.31. The summed E-state index contributed by atoms with van der Waals surface area (Å²) in [5.74, 6) is 0.987. The molecule has 2 N–H and O–H groups in total. The molecule has 0 saturated carbocycles. The molecule has 0 fully saturated rings. The molecule has 0 unspecified atom stereocenters. The van der Waals surface area contributed by atoms with Crippen molar-refractivity contribution in [2.24, 2.45) is 0 Å². The Morgan fingerprint density at radius 1 is 0.880 bits per heavy atom. The van der Waals surface area contributed by atoms with E-state index in [1.165, 1.54) is 0 Å². The molecular formula is C19H14N6. The summed E-state index contributed by atoms with van der Waals surface area (Å²) >= 11 is 0. The number of benzene rings is 2. The lowest BCUT2D eigenvalue weighted by atomic mass is 10.2. The first kappa shape index (κ1) is 16.0. The Labute approximate surface area is 145 Å². The number of anilines is 4. The van der Waals surface area contributed by atoms with Crippen molar-refractivity contribution in [3.05, 3.63) is 71.4 Å². The Kier molecular flexibility index (Phi) is 4.55. The number of nitrogens with zero attached hydrogens (tertiary/aromatic N) is 4. The number of rotatable bonds is 4. The van der Waals surface area contributed by atoms with E-state index in [9.17, 15) is 5.26 Å². The topological polar surface area (TPSA) is 97.4 Å². The van der Waals surface area contributed by atoms with Crippen molar-refractivity contribution in [2.75, 3.05) is 10.6 Å². The van der Waals surface area contributed by atoms with E-state index in [-0.39, 0.29) is 0 Å². The van der Waals surface area contributed by atoms with Crippen LogP contribution in [0.25, 0.3) is 0 Å². The Morgan fingerprint density at radius 2 is 1.72 bits per heavy atom. The maximum Gasteiger partial charge on any atom is 0.229 e. The molecule has 6 nitrogen and oxygen atoms in total. The van der Waals surface area contributed by atoms with Crippen LogP contribution >= 0.6 is 0 Å². The van der Waals surface area contributed by atoms with Gasteiger partial charge in [-0.05, 0) is 37.3 Å². The quantitative estimate of drug-likeness (QED) is 0.751. The molecule has 1 heterocycles. The number of nitriles is 2. The van der Waals surface area contributed by atoms with Gasteiger partial charge in [0.2, 0.25) is 5.95 Å². The van der Waals surface area contributed by atoms with Crippen LogP contribution in [0.15, 0.2) is 54.6 Å². The van der Waals surface area contributed by atoms with Gasteiger partial charge >= 0.3 is 0 Å². The third-order valence-electron chi connectivity index (χ3n) is 3.41. The monoisotopic (exact) mass is 326 g/mol. The predicted octanol–water partition coefficient (Wildman–Crippen LogP) is 4.02. The first-order chi connectivity index (χ1) is 12.2. The van der Waals surface area contributed by atoms with Gasteiger partial charge in [0.25, 0.3) is 0 Å².